The molecule has 3 nitrogen and oxygen atoms in total. The summed E-state index contributed by atoms with van der Waals surface area (Å²) in [6.07, 6.45) is 0. The highest BCUT2D eigenvalue weighted by Gasteiger charge is 2.01. The molecule has 0 saturated heterocycles. The van der Waals surface area contributed by atoms with Crippen LogP contribution in [0.3, 0.4) is 0 Å². The van der Waals surface area contributed by atoms with Gasteiger partial charge in [0.1, 0.15) is 11.5 Å². The van der Waals surface area contributed by atoms with E-state index in [1.807, 2.05) is 12.1 Å². The van der Waals surface area contributed by atoms with Crippen LogP contribution in [0.25, 0.3) is 0 Å². The zero-order valence-electron chi connectivity index (χ0n) is 10.2. The molecule has 0 aromatic heterocycles. The zero-order chi connectivity index (χ0) is 13.7. The van der Waals surface area contributed by atoms with Gasteiger partial charge in [-0.3, -0.25) is 0 Å². The SMILES string of the molecule is COc1ccc(OC(=S)Nc2ccc(Cl)cc2)cc1. The van der Waals surface area contributed by atoms with Gasteiger partial charge in [0.15, 0.2) is 0 Å². The molecule has 98 valence electrons. The number of thiocarbonyl (C=S) groups is 1. The number of ether oxygens (including phenoxy) is 2. The van der Waals surface area contributed by atoms with E-state index in [-0.39, 0.29) is 5.17 Å². The Morgan fingerprint density at radius 2 is 1.58 bits per heavy atom. The standard InChI is InChI=1S/C14H12ClNO2S/c1-17-12-6-8-13(9-7-12)18-14(19)16-11-4-2-10(15)3-5-11/h2-9H,1H3,(H,16,19). The van der Waals surface area contributed by atoms with Crippen LogP contribution >= 0.6 is 23.8 Å². The minimum Gasteiger partial charge on any atom is -0.497 e. The highest BCUT2D eigenvalue weighted by Crippen LogP contribution is 2.18. The van der Waals surface area contributed by atoms with Crippen LogP contribution in [-0.4, -0.2) is 12.3 Å². The molecule has 0 radical (unpaired) electrons. The molecule has 0 heterocycles. The second-order valence-corrected chi connectivity index (χ2v) is 4.50. The van der Waals surface area contributed by atoms with E-state index < -0.39 is 0 Å². The van der Waals surface area contributed by atoms with Crippen molar-refractivity contribution in [2.24, 2.45) is 0 Å². The summed E-state index contributed by atoms with van der Waals surface area (Å²) in [6.45, 7) is 0. The summed E-state index contributed by atoms with van der Waals surface area (Å²) in [7, 11) is 1.61. The minimum atomic E-state index is 0.271. The number of hydrogen-bond acceptors (Lipinski definition) is 3. The van der Waals surface area contributed by atoms with Crippen LogP contribution < -0.4 is 14.8 Å². The molecular weight excluding hydrogens is 282 g/mol. The molecule has 0 amide bonds. The van der Waals surface area contributed by atoms with Crippen molar-refractivity contribution in [1.29, 1.82) is 0 Å². The first-order valence-electron chi connectivity index (χ1n) is 5.56. The molecule has 1 N–H and O–H groups in total. The number of nitrogens with one attached hydrogen (secondary N) is 1. The third-order valence-electron chi connectivity index (χ3n) is 2.36. The molecule has 0 fully saturated rings. The van der Waals surface area contributed by atoms with Gasteiger partial charge in [-0.1, -0.05) is 11.6 Å². The van der Waals surface area contributed by atoms with Gasteiger partial charge in [0.05, 0.1) is 7.11 Å². The van der Waals surface area contributed by atoms with Crippen LogP contribution in [0.5, 0.6) is 11.5 Å². The van der Waals surface area contributed by atoms with Crippen molar-refractivity contribution in [3.8, 4) is 11.5 Å². The van der Waals surface area contributed by atoms with Gasteiger partial charge in [0, 0.05) is 10.7 Å². The number of benzene rings is 2. The number of methoxy groups -OCH3 is 1. The van der Waals surface area contributed by atoms with E-state index in [1.165, 1.54) is 0 Å². The minimum absolute atomic E-state index is 0.271. The number of anilines is 1. The van der Waals surface area contributed by atoms with E-state index in [2.05, 4.69) is 5.32 Å². The molecule has 2 aromatic rings. The van der Waals surface area contributed by atoms with Crippen LogP contribution in [0.15, 0.2) is 48.5 Å². The lowest BCUT2D eigenvalue weighted by molar-refractivity contribution is 0.414. The molecule has 0 aliphatic carbocycles. The maximum absolute atomic E-state index is 5.80. The van der Waals surface area contributed by atoms with Crippen LogP contribution in [0.1, 0.15) is 0 Å². The van der Waals surface area contributed by atoms with Gasteiger partial charge >= 0.3 is 0 Å². The molecule has 0 unspecified atom stereocenters. The third-order valence-corrected chi connectivity index (χ3v) is 2.80. The van der Waals surface area contributed by atoms with E-state index in [0.717, 1.165) is 11.4 Å². The van der Waals surface area contributed by atoms with Crippen molar-refractivity contribution < 1.29 is 9.47 Å². The molecule has 0 spiro atoms. The fourth-order valence-corrected chi connectivity index (χ4v) is 1.77. The first kappa shape index (κ1) is 13.6. The first-order valence-corrected chi connectivity index (χ1v) is 6.34. The van der Waals surface area contributed by atoms with Crippen molar-refractivity contribution in [2.45, 2.75) is 0 Å². The van der Waals surface area contributed by atoms with Gasteiger partial charge in [-0.05, 0) is 60.7 Å². The highest BCUT2D eigenvalue weighted by molar-refractivity contribution is 7.80. The quantitative estimate of drug-likeness (QED) is 0.862. The van der Waals surface area contributed by atoms with Crippen LogP contribution in [-0.2, 0) is 0 Å². The molecule has 5 heteroatoms. The van der Waals surface area contributed by atoms with Crippen LogP contribution in [0, 0.1) is 0 Å². The van der Waals surface area contributed by atoms with E-state index in [4.69, 9.17) is 33.3 Å². The topological polar surface area (TPSA) is 30.5 Å². The van der Waals surface area contributed by atoms with Crippen molar-refractivity contribution in [1.82, 2.24) is 0 Å². The van der Waals surface area contributed by atoms with Gasteiger partial charge in [0.2, 0.25) is 0 Å². The Kier molecular flexibility index (Phi) is 4.60. The van der Waals surface area contributed by atoms with Crippen molar-refractivity contribution >= 4 is 34.7 Å². The molecule has 0 atom stereocenters. The average Bonchev–Trinajstić information content (AvgIpc) is 2.42. The summed E-state index contributed by atoms with van der Waals surface area (Å²) >= 11 is 10.9. The second kappa shape index (κ2) is 6.41. The smallest absolute Gasteiger partial charge is 0.266 e. The van der Waals surface area contributed by atoms with E-state index in [0.29, 0.717) is 10.8 Å². The lowest BCUT2D eigenvalue weighted by Gasteiger charge is -2.09. The highest BCUT2D eigenvalue weighted by atomic mass is 35.5. The molecule has 19 heavy (non-hydrogen) atoms. The van der Waals surface area contributed by atoms with Crippen LogP contribution in [0.2, 0.25) is 5.02 Å². The lowest BCUT2D eigenvalue weighted by atomic mass is 10.3. The summed E-state index contributed by atoms with van der Waals surface area (Å²) in [4.78, 5) is 0. The fraction of sp³-hybridized carbons (Fsp3) is 0.0714. The second-order valence-electron chi connectivity index (χ2n) is 3.70. The predicted octanol–water partition coefficient (Wildman–Crippen LogP) is 4.12. The van der Waals surface area contributed by atoms with Gasteiger partial charge in [-0.2, -0.15) is 0 Å². The van der Waals surface area contributed by atoms with E-state index >= 15 is 0 Å². The van der Waals surface area contributed by atoms with E-state index in [9.17, 15) is 0 Å². The maximum Gasteiger partial charge on any atom is 0.266 e. The largest absolute Gasteiger partial charge is 0.497 e. The number of rotatable bonds is 3. The molecular formula is C14H12ClNO2S. The first-order chi connectivity index (χ1) is 9.17. The van der Waals surface area contributed by atoms with Crippen LogP contribution in [0.4, 0.5) is 5.69 Å². The Bertz CT molecular complexity index is 555. The Morgan fingerprint density at radius 3 is 2.16 bits per heavy atom. The third kappa shape index (κ3) is 4.12. The number of halogens is 1. The number of hydrogen-bond donors (Lipinski definition) is 1. The maximum atomic E-state index is 5.80. The van der Waals surface area contributed by atoms with Crippen molar-refractivity contribution in [2.75, 3.05) is 12.4 Å². The Morgan fingerprint density at radius 1 is 1.00 bits per heavy atom. The summed E-state index contributed by atoms with van der Waals surface area (Å²) in [6, 6.07) is 14.4. The van der Waals surface area contributed by atoms with Gasteiger partial charge < -0.3 is 14.8 Å². The van der Waals surface area contributed by atoms with Gasteiger partial charge in [0.25, 0.3) is 5.17 Å². The predicted molar refractivity (Wildman–Crippen MR) is 81.3 cm³/mol. The summed E-state index contributed by atoms with van der Waals surface area (Å²) < 4.78 is 10.5. The Hall–Kier alpha value is -1.78. The monoisotopic (exact) mass is 293 g/mol. The van der Waals surface area contributed by atoms with E-state index in [1.54, 1.807) is 43.5 Å². The summed E-state index contributed by atoms with van der Waals surface area (Å²) in [5.41, 5.74) is 0.822. The molecule has 2 aromatic carbocycles. The Balaban J connectivity index is 1.95. The molecule has 0 bridgehead atoms. The summed E-state index contributed by atoms with van der Waals surface area (Å²) in [5, 5.41) is 3.91. The molecule has 0 aliphatic heterocycles. The lowest BCUT2D eigenvalue weighted by Crippen LogP contribution is -2.16. The molecule has 0 saturated carbocycles. The summed E-state index contributed by atoms with van der Waals surface area (Å²) in [5.74, 6) is 1.41. The average molecular weight is 294 g/mol. The van der Waals surface area contributed by atoms with Crippen molar-refractivity contribution in [3.63, 3.8) is 0 Å². The fourth-order valence-electron chi connectivity index (χ4n) is 1.43. The van der Waals surface area contributed by atoms with Crippen molar-refractivity contribution in [3.05, 3.63) is 53.6 Å². The normalized spacial score (nSPS) is 9.79. The van der Waals surface area contributed by atoms with Gasteiger partial charge in [-0.25, -0.2) is 0 Å². The molecule has 2 rings (SSSR count). The zero-order valence-corrected chi connectivity index (χ0v) is 11.8. The Labute approximate surface area is 122 Å². The molecule has 0 aliphatic rings. The van der Waals surface area contributed by atoms with Gasteiger partial charge in [-0.15, -0.1) is 0 Å².